The highest BCUT2D eigenvalue weighted by atomic mass is 35.5. The van der Waals surface area contributed by atoms with Gasteiger partial charge in [0.2, 0.25) is 11.3 Å². The van der Waals surface area contributed by atoms with Crippen molar-refractivity contribution in [1.82, 2.24) is 9.55 Å². The van der Waals surface area contributed by atoms with Crippen molar-refractivity contribution in [3.63, 3.8) is 0 Å². The fourth-order valence-corrected chi connectivity index (χ4v) is 3.92. The third kappa shape index (κ3) is 4.66. The molecule has 4 rings (SSSR count). The summed E-state index contributed by atoms with van der Waals surface area (Å²) in [5, 5.41) is 3.90. The van der Waals surface area contributed by atoms with Gasteiger partial charge in [-0.05, 0) is 48.9 Å². The number of aromatic nitrogens is 2. The molecule has 0 fully saturated rings. The molecular weight excluding hydrogens is 477 g/mol. The van der Waals surface area contributed by atoms with Gasteiger partial charge in [0.15, 0.2) is 5.78 Å². The van der Waals surface area contributed by atoms with Gasteiger partial charge in [0.05, 0.1) is 23.9 Å². The predicted molar refractivity (Wildman–Crippen MR) is 132 cm³/mol. The highest BCUT2D eigenvalue weighted by Gasteiger charge is 2.19. The number of halogens is 2. The van der Waals surface area contributed by atoms with Crippen molar-refractivity contribution in [1.29, 1.82) is 0 Å². The van der Waals surface area contributed by atoms with Crippen LogP contribution in [0.2, 0.25) is 10.0 Å². The number of nitrogens with one attached hydrogen (secondary N) is 1. The van der Waals surface area contributed by atoms with E-state index in [0.717, 1.165) is 5.56 Å². The van der Waals surface area contributed by atoms with E-state index in [1.807, 2.05) is 6.92 Å². The second kappa shape index (κ2) is 9.67. The first-order chi connectivity index (χ1) is 16.3. The van der Waals surface area contributed by atoms with Gasteiger partial charge >= 0.3 is 0 Å². The maximum Gasteiger partial charge on any atom is 0.244 e. The van der Waals surface area contributed by atoms with Crippen LogP contribution in [-0.4, -0.2) is 28.4 Å². The average molecular weight is 496 g/mol. The second-order valence-electron chi connectivity index (χ2n) is 7.58. The molecule has 0 bridgehead atoms. The summed E-state index contributed by atoms with van der Waals surface area (Å²) in [5.41, 5.74) is 1.46. The van der Waals surface area contributed by atoms with Crippen LogP contribution in [0.3, 0.4) is 0 Å². The molecule has 2 heterocycles. The topological polar surface area (TPSA) is 90.3 Å². The molecule has 0 spiro atoms. The number of nitrogens with zero attached hydrogens (tertiary/aromatic N) is 2. The number of ether oxygens (including phenoxy) is 1. The van der Waals surface area contributed by atoms with Crippen molar-refractivity contribution in [2.24, 2.45) is 0 Å². The summed E-state index contributed by atoms with van der Waals surface area (Å²) < 4.78 is 6.87. The molecule has 2 aromatic carbocycles. The molecule has 1 N–H and O–H groups in total. The van der Waals surface area contributed by atoms with Gasteiger partial charge in [-0.15, -0.1) is 0 Å². The Bertz CT molecular complexity index is 1480. The summed E-state index contributed by atoms with van der Waals surface area (Å²) in [7, 11) is 1.48. The Morgan fingerprint density at radius 1 is 1.09 bits per heavy atom. The molecule has 0 atom stereocenters. The van der Waals surface area contributed by atoms with Crippen LogP contribution in [0.4, 0.5) is 5.69 Å². The number of hydrogen-bond acceptors (Lipinski definition) is 5. The van der Waals surface area contributed by atoms with Crippen LogP contribution < -0.4 is 15.5 Å². The number of ketones is 1. The number of aryl methyl sites for hydroxylation is 1. The van der Waals surface area contributed by atoms with Crippen LogP contribution in [-0.2, 0) is 11.3 Å². The summed E-state index contributed by atoms with van der Waals surface area (Å²) in [6, 6.07) is 11.1. The Morgan fingerprint density at radius 3 is 2.53 bits per heavy atom. The zero-order valence-corrected chi connectivity index (χ0v) is 19.8. The van der Waals surface area contributed by atoms with Gasteiger partial charge in [0.25, 0.3) is 0 Å². The molecule has 0 radical (unpaired) electrons. The number of fused-ring (bicyclic) bond motifs is 1. The van der Waals surface area contributed by atoms with E-state index >= 15 is 0 Å². The number of carbonyl (C=O) groups is 2. The number of pyridine rings is 2. The molecule has 172 valence electrons. The summed E-state index contributed by atoms with van der Waals surface area (Å²) in [6.45, 7) is 1.65. The lowest BCUT2D eigenvalue weighted by Crippen LogP contribution is -2.24. The molecule has 0 saturated heterocycles. The minimum atomic E-state index is -0.474. The monoisotopic (exact) mass is 495 g/mol. The van der Waals surface area contributed by atoms with E-state index < -0.39 is 11.2 Å². The number of rotatable bonds is 6. The highest BCUT2D eigenvalue weighted by Crippen LogP contribution is 2.31. The largest absolute Gasteiger partial charge is 0.495 e. The zero-order chi connectivity index (χ0) is 24.4. The van der Waals surface area contributed by atoms with Crippen LogP contribution in [0.15, 0.2) is 65.8 Å². The summed E-state index contributed by atoms with van der Waals surface area (Å²) >= 11 is 12.3. The molecular formula is C25H19Cl2N3O4. The number of carbonyl (C=O) groups excluding carboxylic acids is 2. The minimum Gasteiger partial charge on any atom is -0.495 e. The zero-order valence-electron chi connectivity index (χ0n) is 18.3. The van der Waals surface area contributed by atoms with Crippen molar-refractivity contribution in [2.45, 2.75) is 13.5 Å². The third-order valence-corrected chi connectivity index (χ3v) is 5.94. The summed E-state index contributed by atoms with van der Waals surface area (Å²) in [6.07, 6.45) is 4.34. The Labute approximate surface area is 204 Å². The lowest BCUT2D eigenvalue weighted by Gasteiger charge is -2.15. The fourth-order valence-electron chi connectivity index (χ4n) is 3.60. The van der Waals surface area contributed by atoms with Crippen molar-refractivity contribution in [2.75, 3.05) is 12.4 Å². The van der Waals surface area contributed by atoms with E-state index in [2.05, 4.69) is 10.3 Å². The summed E-state index contributed by atoms with van der Waals surface area (Å²) in [4.78, 5) is 43.1. The second-order valence-corrected chi connectivity index (χ2v) is 8.42. The Kier molecular flexibility index (Phi) is 6.68. The third-order valence-electron chi connectivity index (χ3n) is 5.30. The van der Waals surface area contributed by atoms with Gasteiger partial charge in [-0.25, -0.2) is 0 Å². The molecule has 1 amide bonds. The van der Waals surface area contributed by atoms with Crippen LogP contribution >= 0.6 is 23.2 Å². The van der Waals surface area contributed by atoms with Crippen LogP contribution in [0.25, 0.3) is 10.9 Å². The number of hydrogen-bond donors (Lipinski definition) is 1. The van der Waals surface area contributed by atoms with Crippen molar-refractivity contribution in [3.8, 4) is 5.75 Å². The van der Waals surface area contributed by atoms with Gasteiger partial charge < -0.3 is 14.6 Å². The van der Waals surface area contributed by atoms with E-state index in [0.29, 0.717) is 32.6 Å². The first-order valence-corrected chi connectivity index (χ1v) is 11.0. The molecule has 7 nitrogen and oxygen atoms in total. The van der Waals surface area contributed by atoms with Crippen LogP contribution in [0, 0.1) is 6.92 Å². The molecule has 0 aliphatic heterocycles. The highest BCUT2D eigenvalue weighted by molar-refractivity contribution is 6.32. The number of amides is 1. The lowest BCUT2D eigenvalue weighted by molar-refractivity contribution is -0.116. The van der Waals surface area contributed by atoms with Crippen molar-refractivity contribution >= 4 is 51.5 Å². The minimum absolute atomic E-state index is 0.0753. The molecule has 0 aliphatic rings. The maximum absolute atomic E-state index is 13.1. The lowest BCUT2D eigenvalue weighted by atomic mass is 10.0. The maximum atomic E-state index is 13.1. The van der Waals surface area contributed by atoms with Crippen LogP contribution in [0.5, 0.6) is 5.75 Å². The summed E-state index contributed by atoms with van der Waals surface area (Å²) in [5.74, 6) is -0.449. The van der Waals surface area contributed by atoms with Gasteiger partial charge in [-0.1, -0.05) is 23.2 Å². The van der Waals surface area contributed by atoms with E-state index in [4.69, 9.17) is 27.9 Å². The van der Waals surface area contributed by atoms with Gasteiger partial charge in [-0.3, -0.25) is 19.4 Å². The van der Waals surface area contributed by atoms with Gasteiger partial charge in [0.1, 0.15) is 12.3 Å². The normalized spacial score (nSPS) is 10.8. The molecule has 0 saturated carbocycles. The van der Waals surface area contributed by atoms with E-state index in [1.54, 1.807) is 28.8 Å². The van der Waals surface area contributed by atoms with E-state index in [-0.39, 0.29) is 23.4 Å². The molecule has 9 heteroatoms. The molecule has 0 aliphatic carbocycles. The first kappa shape index (κ1) is 23.5. The molecule has 2 aromatic heterocycles. The predicted octanol–water partition coefficient (Wildman–Crippen LogP) is 4.89. The van der Waals surface area contributed by atoms with Gasteiger partial charge in [-0.2, -0.15) is 0 Å². The fraction of sp³-hybridized carbons (Fsp3) is 0.120. The SMILES string of the molecule is COc1cc(Cl)c(C)cc1NC(=O)Cn1cc(C(=O)c2ccncc2)c(=O)c2cc(Cl)ccc21. The quantitative estimate of drug-likeness (QED) is 0.384. The van der Waals surface area contributed by atoms with Gasteiger partial charge in [0, 0.05) is 45.7 Å². The molecule has 34 heavy (non-hydrogen) atoms. The molecule has 0 unspecified atom stereocenters. The number of benzene rings is 2. The Balaban J connectivity index is 1.76. The van der Waals surface area contributed by atoms with E-state index in [9.17, 15) is 14.4 Å². The van der Waals surface area contributed by atoms with Crippen molar-refractivity contribution in [3.05, 3.63) is 98.0 Å². The van der Waals surface area contributed by atoms with Crippen LogP contribution in [0.1, 0.15) is 21.5 Å². The Morgan fingerprint density at radius 2 is 1.82 bits per heavy atom. The average Bonchev–Trinajstić information content (AvgIpc) is 2.83. The Hall–Kier alpha value is -3.68. The first-order valence-electron chi connectivity index (χ1n) is 10.2. The smallest absolute Gasteiger partial charge is 0.244 e. The molecule has 4 aromatic rings. The van der Waals surface area contributed by atoms with Crippen molar-refractivity contribution < 1.29 is 14.3 Å². The standard InChI is InChI=1S/C25H19Cl2N3O4/c1-14-9-20(22(34-2)11-19(14)27)29-23(31)13-30-12-18(24(32)15-5-7-28-8-6-15)25(33)17-10-16(26)3-4-21(17)30/h3-12H,13H2,1-2H3,(H,29,31). The number of anilines is 1. The number of methoxy groups -OCH3 is 1. The van der Waals surface area contributed by atoms with E-state index in [1.165, 1.54) is 43.9 Å².